The van der Waals surface area contributed by atoms with Crippen LogP contribution in [0.4, 0.5) is 0 Å². The van der Waals surface area contributed by atoms with E-state index in [2.05, 4.69) is 5.32 Å². The first-order valence-corrected chi connectivity index (χ1v) is 5.80. The molecule has 94 valence electrons. The van der Waals surface area contributed by atoms with Gasteiger partial charge < -0.3 is 15.5 Å². The van der Waals surface area contributed by atoms with Gasteiger partial charge in [-0.25, -0.2) is 0 Å². The van der Waals surface area contributed by atoms with Gasteiger partial charge in [0.15, 0.2) is 0 Å². The van der Waals surface area contributed by atoms with Gasteiger partial charge in [-0.3, -0.25) is 4.79 Å². The predicted molar refractivity (Wildman–Crippen MR) is 66.3 cm³/mol. The SMILES string of the molecule is CC(CCO)CNC(=O)c1cc(Cl)ccc1O. The zero-order valence-electron chi connectivity index (χ0n) is 9.61. The number of hydrogen-bond donors (Lipinski definition) is 3. The Bertz CT molecular complexity index is 395. The second-order valence-corrected chi connectivity index (χ2v) is 4.43. The fourth-order valence-electron chi connectivity index (χ4n) is 1.37. The average Bonchev–Trinajstić information content (AvgIpc) is 2.29. The Hall–Kier alpha value is -1.26. The molecular weight excluding hydrogens is 242 g/mol. The lowest BCUT2D eigenvalue weighted by Crippen LogP contribution is -2.28. The minimum absolute atomic E-state index is 0.0956. The van der Waals surface area contributed by atoms with Crippen molar-refractivity contribution >= 4 is 17.5 Å². The Morgan fingerprint density at radius 1 is 1.53 bits per heavy atom. The van der Waals surface area contributed by atoms with Crippen molar-refractivity contribution < 1.29 is 15.0 Å². The summed E-state index contributed by atoms with van der Waals surface area (Å²) < 4.78 is 0. The third-order valence-corrected chi connectivity index (χ3v) is 2.67. The molecule has 17 heavy (non-hydrogen) atoms. The molecule has 0 aliphatic rings. The minimum Gasteiger partial charge on any atom is -0.507 e. The first-order valence-electron chi connectivity index (χ1n) is 5.42. The van der Waals surface area contributed by atoms with E-state index >= 15 is 0 Å². The van der Waals surface area contributed by atoms with Crippen molar-refractivity contribution in [1.82, 2.24) is 5.32 Å². The first kappa shape index (κ1) is 13.8. The van der Waals surface area contributed by atoms with E-state index in [1.165, 1.54) is 18.2 Å². The Balaban J connectivity index is 2.61. The first-order chi connectivity index (χ1) is 8.04. The number of hydrogen-bond acceptors (Lipinski definition) is 3. The highest BCUT2D eigenvalue weighted by Crippen LogP contribution is 2.21. The maximum atomic E-state index is 11.7. The molecule has 1 unspecified atom stereocenters. The molecule has 3 N–H and O–H groups in total. The van der Waals surface area contributed by atoms with E-state index in [1.54, 1.807) is 0 Å². The maximum Gasteiger partial charge on any atom is 0.255 e. The summed E-state index contributed by atoms with van der Waals surface area (Å²) in [6.45, 7) is 2.47. The molecule has 0 heterocycles. The van der Waals surface area contributed by atoms with Crippen LogP contribution in [0.15, 0.2) is 18.2 Å². The minimum atomic E-state index is -0.366. The molecule has 5 heteroatoms. The molecule has 0 bridgehead atoms. The number of phenolic OH excluding ortho intramolecular Hbond substituents is 1. The number of nitrogens with one attached hydrogen (secondary N) is 1. The van der Waals surface area contributed by atoms with Crippen LogP contribution in [0.25, 0.3) is 0 Å². The molecular formula is C12H16ClNO3. The Labute approximate surface area is 105 Å². The van der Waals surface area contributed by atoms with Crippen LogP contribution < -0.4 is 5.32 Å². The predicted octanol–water partition coefficient (Wildman–Crippen LogP) is 1.79. The molecule has 0 aromatic heterocycles. The standard InChI is InChI=1S/C12H16ClNO3/c1-8(4-5-15)7-14-12(17)10-6-9(13)2-3-11(10)16/h2-3,6,8,15-16H,4-5,7H2,1H3,(H,14,17). The highest BCUT2D eigenvalue weighted by atomic mass is 35.5. The van der Waals surface area contributed by atoms with E-state index in [1.807, 2.05) is 6.92 Å². The topological polar surface area (TPSA) is 69.6 Å². The molecule has 0 spiro atoms. The summed E-state index contributed by atoms with van der Waals surface area (Å²) in [5.74, 6) is -0.276. The van der Waals surface area contributed by atoms with Gasteiger partial charge in [-0.2, -0.15) is 0 Å². The summed E-state index contributed by atoms with van der Waals surface area (Å²) in [6.07, 6.45) is 0.627. The smallest absolute Gasteiger partial charge is 0.255 e. The number of phenols is 1. The van der Waals surface area contributed by atoms with Crippen LogP contribution in [0.2, 0.25) is 5.02 Å². The van der Waals surface area contributed by atoms with Gasteiger partial charge in [-0.05, 0) is 30.5 Å². The number of amides is 1. The number of aliphatic hydroxyl groups excluding tert-OH is 1. The van der Waals surface area contributed by atoms with Crippen LogP contribution in [0.5, 0.6) is 5.75 Å². The number of benzene rings is 1. The summed E-state index contributed by atoms with van der Waals surface area (Å²) in [7, 11) is 0. The molecule has 4 nitrogen and oxygen atoms in total. The monoisotopic (exact) mass is 257 g/mol. The quantitative estimate of drug-likeness (QED) is 0.753. The summed E-state index contributed by atoms with van der Waals surface area (Å²) in [5, 5.41) is 21.3. The van der Waals surface area contributed by atoms with Crippen LogP contribution in [0.3, 0.4) is 0 Å². The molecule has 1 atom stereocenters. The third-order valence-electron chi connectivity index (χ3n) is 2.44. The highest BCUT2D eigenvalue weighted by molar-refractivity contribution is 6.31. The number of halogens is 1. The number of aromatic hydroxyl groups is 1. The molecule has 1 amide bonds. The van der Waals surface area contributed by atoms with Crippen molar-refractivity contribution in [2.75, 3.05) is 13.2 Å². The van der Waals surface area contributed by atoms with Gasteiger partial charge in [0.2, 0.25) is 0 Å². The molecule has 0 aliphatic heterocycles. The van der Waals surface area contributed by atoms with Gasteiger partial charge >= 0.3 is 0 Å². The van der Waals surface area contributed by atoms with Crippen LogP contribution in [0, 0.1) is 5.92 Å². The largest absolute Gasteiger partial charge is 0.507 e. The normalized spacial score (nSPS) is 12.2. The number of aliphatic hydroxyl groups is 1. The van der Waals surface area contributed by atoms with Crippen LogP contribution in [0.1, 0.15) is 23.7 Å². The van der Waals surface area contributed by atoms with Crippen molar-refractivity contribution in [2.24, 2.45) is 5.92 Å². The van der Waals surface area contributed by atoms with Gasteiger partial charge in [-0.1, -0.05) is 18.5 Å². The molecule has 0 fully saturated rings. The highest BCUT2D eigenvalue weighted by Gasteiger charge is 2.12. The van der Waals surface area contributed by atoms with Crippen molar-refractivity contribution in [3.05, 3.63) is 28.8 Å². The summed E-state index contributed by atoms with van der Waals surface area (Å²) in [4.78, 5) is 11.7. The van der Waals surface area contributed by atoms with Gasteiger partial charge in [0, 0.05) is 18.2 Å². The van der Waals surface area contributed by atoms with Crippen LogP contribution in [-0.4, -0.2) is 29.3 Å². The zero-order valence-corrected chi connectivity index (χ0v) is 10.4. The number of carbonyl (C=O) groups excluding carboxylic acids is 1. The van der Waals surface area contributed by atoms with Crippen molar-refractivity contribution in [2.45, 2.75) is 13.3 Å². The Morgan fingerprint density at radius 3 is 2.88 bits per heavy atom. The van der Waals surface area contributed by atoms with E-state index in [-0.39, 0.29) is 29.7 Å². The Morgan fingerprint density at radius 2 is 2.24 bits per heavy atom. The lowest BCUT2D eigenvalue weighted by molar-refractivity contribution is 0.0943. The van der Waals surface area contributed by atoms with E-state index in [9.17, 15) is 9.90 Å². The third kappa shape index (κ3) is 4.24. The summed E-state index contributed by atoms with van der Waals surface area (Å²) in [5.41, 5.74) is 0.161. The van der Waals surface area contributed by atoms with Gasteiger partial charge in [0.05, 0.1) is 5.56 Å². The fraction of sp³-hybridized carbons (Fsp3) is 0.417. The fourth-order valence-corrected chi connectivity index (χ4v) is 1.55. The summed E-state index contributed by atoms with van der Waals surface area (Å²) in [6, 6.07) is 4.32. The lowest BCUT2D eigenvalue weighted by atomic mass is 10.1. The molecule has 1 aromatic carbocycles. The molecule has 0 saturated heterocycles. The van der Waals surface area contributed by atoms with Gasteiger partial charge in [-0.15, -0.1) is 0 Å². The maximum absolute atomic E-state index is 11.7. The van der Waals surface area contributed by atoms with E-state index in [0.29, 0.717) is 18.0 Å². The van der Waals surface area contributed by atoms with Crippen molar-refractivity contribution in [3.63, 3.8) is 0 Å². The zero-order chi connectivity index (χ0) is 12.8. The Kier molecular flexibility index (Phi) is 5.25. The molecule has 0 aliphatic carbocycles. The summed E-state index contributed by atoms with van der Waals surface area (Å²) >= 11 is 5.75. The molecule has 0 radical (unpaired) electrons. The van der Waals surface area contributed by atoms with Crippen molar-refractivity contribution in [3.8, 4) is 5.75 Å². The number of rotatable bonds is 5. The average molecular weight is 258 g/mol. The number of carbonyl (C=O) groups is 1. The van der Waals surface area contributed by atoms with Gasteiger partial charge in [0.25, 0.3) is 5.91 Å². The second-order valence-electron chi connectivity index (χ2n) is 3.99. The van der Waals surface area contributed by atoms with Gasteiger partial charge in [0.1, 0.15) is 5.75 Å². The van der Waals surface area contributed by atoms with Crippen LogP contribution in [-0.2, 0) is 0 Å². The van der Waals surface area contributed by atoms with E-state index in [0.717, 1.165) is 0 Å². The molecule has 1 rings (SSSR count). The van der Waals surface area contributed by atoms with E-state index in [4.69, 9.17) is 16.7 Å². The molecule has 0 saturated carbocycles. The van der Waals surface area contributed by atoms with Crippen molar-refractivity contribution in [1.29, 1.82) is 0 Å². The second kappa shape index (κ2) is 6.47. The lowest BCUT2D eigenvalue weighted by Gasteiger charge is -2.11. The molecule has 1 aromatic rings. The van der Waals surface area contributed by atoms with E-state index < -0.39 is 0 Å². The van der Waals surface area contributed by atoms with Crippen LogP contribution >= 0.6 is 11.6 Å².